The molecule has 0 aliphatic heterocycles. The Hall–Kier alpha value is -3.73. The summed E-state index contributed by atoms with van der Waals surface area (Å²) in [5, 5.41) is 20.6. The lowest BCUT2D eigenvalue weighted by Crippen LogP contribution is -2.13. The van der Waals surface area contributed by atoms with Crippen molar-refractivity contribution in [2.45, 2.75) is 20.8 Å². The van der Waals surface area contributed by atoms with E-state index in [-0.39, 0.29) is 34.6 Å². The molecule has 0 saturated carbocycles. The van der Waals surface area contributed by atoms with E-state index in [9.17, 15) is 25.0 Å². The molecule has 1 N–H and O–H groups in total. The van der Waals surface area contributed by atoms with Crippen molar-refractivity contribution < 1.29 is 19.2 Å². The maximum Gasteiger partial charge on any atom is 0.340 e. The Balaban J connectivity index is 2.59. The number of ketones is 1. The third-order valence-electron chi connectivity index (χ3n) is 3.88. The summed E-state index contributed by atoms with van der Waals surface area (Å²) in [6, 6.07) is 7.54. The molecule has 0 spiro atoms. The number of allylic oxidation sites excluding steroid dienone is 1. The molecular formula is C19H17N3O5. The summed E-state index contributed by atoms with van der Waals surface area (Å²) >= 11 is 0. The van der Waals surface area contributed by atoms with E-state index in [0.717, 1.165) is 6.08 Å². The molecule has 0 aliphatic rings. The number of nitrogens with one attached hydrogen (secondary N) is 1. The molecule has 1 aromatic heterocycles. The average molecular weight is 367 g/mol. The summed E-state index contributed by atoms with van der Waals surface area (Å²) in [6.07, 6.45) is 1.15. The molecule has 8 nitrogen and oxygen atoms in total. The fourth-order valence-electron chi connectivity index (χ4n) is 2.74. The molecule has 1 aromatic carbocycles. The standard InChI is InChI=1S/C19H17N3O5/c1-4-27-19(24)17-12(3)21-11(2)16(17)18(23)14(10-20)9-13-7-5-6-8-15(13)22(25)26/h5-9,21H,4H2,1-3H3/b14-9+. The molecule has 8 heteroatoms. The number of hydrogen-bond acceptors (Lipinski definition) is 6. The SMILES string of the molecule is CCOC(=O)c1c(C)[nH]c(C)c1C(=O)/C(C#N)=C/c1ccccc1[N+](=O)[O-]. The molecule has 138 valence electrons. The van der Waals surface area contributed by atoms with Crippen molar-refractivity contribution in [3.8, 4) is 6.07 Å². The van der Waals surface area contributed by atoms with Crippen molar-refractivity contribution in [2.24, 2.45) is 0 Å². The van der Waals surface area contributed by atoms with E-state index >= 15 is 0 Å². The Morgan fingerprint density at radius 2 is 1.89 bits per heavy atom. The minimum Gasteiger partial charge on any atom is -0.462 e. The van der Waals surface area contributed by atoms with Crippen LogP contribution in [0.5, 0.6) is 0 Å². The van der Waals surface area contributed by atoms with Crippen LogP contribution in [0.3, 0.4) is 0 Å². The first-order valence-electron chi connectivity index (χ1n) is 8.08. The predicted molar refractivity (Wildman–Crippen MR) is 97.2 cm³/mol. The van der Waals surface area contributed by atoms with Gasteiger partial charge in [-0.2, -0.15) is 5.26 Å². The molecule has 0 aliphatic carbocycles. The van der Waals surface area contributed by atoms with Crippen molar-refractivity contribution in [1.82, 2.24) is 4.98 Å². The number of carbonyl (C=O) groups excluding carboxylic acids is 2. The molecule has 1 heterocycles. The van der Waals surface area contributed by atoms with Gasteiger partial charge in [-0.05, 0) is 32.9 Å². The number of nitriles is 1. The summed E-state index contributed by atoms with van der Waals surface area (Å²) in [5.41, 5.74) is 0.500. The first kappa shape index (κ1) is 19.6. The van der Waals surface area contributed by atoms with Gasteiger partial charge in [0.25, 0.3) is 5.69 Å². The topological polar surface area (TPSA) is 126 Å². The van der Waals surface area contributed by atoms with Crippen LogP contribution in [-0.2, 0) is 4.74 Å². The summed E-state index contributed by atoms with van der Waals surface area (Å²) in [4.78, 5) is 38.6. The van der Waals surface area contributed by atoms with Crippen LogP contribution in [0.25, 0.3) is 6.08 Å². The van der Waals surface area contributed by atoms with E-state index in [4.69, 9.17) is 4.74 Å². The maximum absolute atomic E-state index is 12.9. The van der Waals surface area contributed by atoms with Gasteiger partial charge in [0, 0.05) is 17.5 Å². The van der Waals surface area contributed by atoms with Crippen molar-refractivity contribution in [1.29, 1.82) is 5.26 Å². The smallest absolute Gasteiger partial charge is 0.340 e. The lowest BCUT2D eigenvalue weighted by Gasteiger charge is -2.05. The fraction of sp³-hybridized carbons (Fsp3) is 0.211. The molecule has 0 atom stereocenters. The van der Waals surface area contributed by atoms with Crippen LogP contribution >= 0.6 is 0 Å². The number of carbonyl (C=O) groups is 2. The predicted octanol–water partition coefficient (Wildman–Crippen LogP) is 3.51. The van der Waals surface area contributed by atoms with Gasteiger partial charge in [-0.15, -0.1) is 0 Å². The zero-order valence-corrected chi connectivity index (χ0v) is 15.0. The highest BCUT2D eigenvalue weighted by atomic mass is 16.6. The molecule has 0 unspecified atom stereocenters. The number of hydrogen-bond donors (Lipinski definition) is 1. The molecule has 0 radical (unpaired) electrons. The van der Waals surface area contributed by atoms with Crippen molar-refractivity contribution in [3.63, 3.8) is 0 Å². The number of para-hydroxylation sites is 1. The third kappa shape index (κ3) is 3.93. The minimum atomic E-state index is -0.708. The van der Waals surface area contributed by atoms with E-state index in [2.05, 4.69) is 4.98 Å². The van der Waals surface area contributed by atoms with Gasteiger partial charge >= 0.3 is 5.97 Å². The Bertz CT molecular complexity index is 995. The number of aromatic nitrogens is 1. The number of benzene rings is 1. The van der Waals surface area contributed by atoms with Crippen molar-refractivity contribution in [3.05, 3.63) is 68.0 Å². The molecule has 27 heavy (non-hydrogen) atoms. The molecule has 2 aromatic rings. The lowest BCUT2D eigenvalue weighted by molar-refractivity contribution is -0.385. The summed E-state index contributed by atoms with van der Waals surface area (Å²) in [7, 11) is 0. The van der Waals surface area contributed by atoms with E-state index < -0.39 is 16.7 Å². The normalized spacial score (nSPS) is 11.0. The van der Waals surface area contributed by atoms with Crippen LogP contribution in [0.4, 0.5) is 5.69 Å². The van der Waals surface area contributed by atoms with Crippen molar-refractivity contribution >= 4 is 23.5 Å². The van der Waals surface area contributed by atoms with Crippen LogP contribution in [0.2, 0.25) is 0 Å². The van der Waals surface area contributed by atoms with E-state index in [1.54, 1.807) is 32.9 Å². The fourth-order valence-corrected chi connectivity index (χ4v) is 2.74. The molecule has 0 amide bonds. The van der Waals surface area contributed by atoms with Gasteiger partial charge in [-0.1, -0.05) is 12.1 Å². The number of esters is 1. The molecule has 2 rings (SSSR count). The van der Waals surface area contributed by atoms with Crippen molar-refractivity contribution in [2.75, 3.05) is 6.61 Å². The van der Waals surface area contributed by atoms with Gasteiger partial charge in [0.05, 0.1) is 28.2 Å². The Kier molecular flexibility index (Phi) is 5.88. The Morgan fingerprint density at radius 3 is 2.48 bits per heavy atom. The highest BCUT2D eigenvalue weighted by Gasteiger charge is 2.27. The third-order valence-corrected chi connectivity index (χ3v) is 3.88. The van der Waals surface area contributed by atoms with E-state index in [1.165, 1.54) is 18.2 Å². The Labute approximate surface area is 155 Å². The van der Waals surface area contributed by atoms with Gasteiger partial charge < -0.3 is 9.72 Å². The van der Waals surface area contributed by atoms with Gasteiger partial charge in [0.1, 0.15) is 11.6 Å². The molecule has 0 fully saturated rings. The summed E-state index contributed by atoms with van der Waals surface area (Å²) in [5.74, 6) is -1.38. The minimum absolute atomic E-state index is 0.0253. The number of Topliss-reactive ketones (excluding diaryl/α,β-unsaturated/α-hetero) is 1. The highest BCUT2D eigenvalue weighted by Crippen LogP contribution is 2.26. The number of H-pyrrole nitrogens is 1. The molecule has 0 saturated heterocycles. The van der Waals surface area contributed by atoms with E-state index in [0.29, 0.717) is 11.4 Å². The zero-order chi connectivity index (χ0) is 20.1. The number of aromatic amines is 1. The second kappa shape index (κ2) is 8.10. The first-order chi connectivity index (χ1) is 12.8. The second-order valence-corrected chi connectivity index (χ2v) is 5.66. The number of nitro groups is 1. The first-order valence-corrected chi connectivity index (χ1v) is 8.08. The monoisotopic (exact) mass is 367 g/mol. The van der Waals surface area contributed by atoms with Gasteiger partial charge in [-0.3, -0.25) is 14.9 Å². The highest BCUT2D eigenvalue weighted by molar-refractivity contribution is 6.19. The van der Waals surface area contributed by atoms with Gasteiger partial charge in [0.15, 0.2) is 0 Å². The zero-order valence-electron chi connectivity index (χ0n) is 15.0. The van der Waals surface area contributed by atoms with E-state index in [1.807, 2.05) is 0 Å². The average Bonchev–Trinajstić information content (AvgIpc) is 2.93. The quantitative estimate of drug-likeness (QED) is 0.208. The number of nitro benzene ring substituents is 1. The lowest BCUT2D eigenvalue weighted by atomic mass is 9.97. The Morgan fingerprint density at radius 1 is 1.26 bits per heavy atom. The molecular weight excluding hydrogens is 350 g/mol. The van der Waals surface area contributed by atoms with Gasteiger partial charge in [-0.25, -0.2) is 4.79 Å². The number of aryl methyl sites for hydroxylation is 2. The number of ether oxygens (including phenoxy) is 1. The van der Waals surface area contributed by atoms with Crippen LogP contribution in [0, 0.1) is 35.3 Å². The summed E-state index contributed by atoms with van der Waals surface area (Å²) < 4.78 is 4.99. The van der Waals surface area contributed by atoms with Crippen LogP contribution in [0.15, 0.2) is 29.8 Å². The number of nitrogens with zero attached hydrogens (tertiary/aromatic N) is 2. The maximum atomic E-state index is 12.9. The molecule has 0 bridgehead atoms. The van der Waals surface area contributed by atoms with Crippen LogP contribution in [0.1, 0.15) is 44.6 Å². The number of rotatable bonds is 6. The summed E-state index contributed by atoms with van der Waals surface area (Å²) in [6.45, 7) is 4.99. The van der Waals surface area contributed by atoms with Gasteiger partial charge in [0.2, 0.25) is 5.78 Å². The largest absolute Gasteiger partial charge is 0.462 e. The van der Waals surface area contributed by atoms with Crippen LogP contribution in [-0.4, -0.2) is 28.3 Å². The van der Waals surface area contributed by atoms with Crippen LogP contribution < -0.4 is 0 Å². The second-order valence-electron chi connectivity index (χ2n) is 5.66.